The second-order valence-corrected chi connectivity index (χ2v) is 9.79. The summed E-state index contributed by atoms with van der Waals surface area (Å²) in [5.74, 6) is 3.32. The molecular formula is C27H30ClFN2OS. The molecule has 3 nitrogen and oxygen atoms in total. The van der Waals surface area contributed by atoms with E-state index in [4.69, 9.17) is 27.7 Å². The van der Waals surface area contributed by atoms with E-state index in [1.54, 1.807) is 31.4 Å². The monoisotopic (exact) mass is 484 g/mol. The number of methoxy groups -OCH3 is 1. The molecule has 0 saturated heterocycles. The first-order valence-corrected chi connectivity index (χ1v) is 12.3. The standard InChI is InChI=1S/C27H30ClFN2OS/c1-7-9-10-24(20-12-11-17(3)23(29)15-20)31(13-8-2)27-30-26(19(5)33-27)21-14-18(4)25(32-6)16-22(21)28/h2,11-12,14-16,24H,7,9-10,13H2,1,3-6H3/t24-/m0/s1. The molecule has 3 aromatic rings. The molecule has 0 fully saturated rings. The van der Waals surface area contributed by atoms with Gasteiger partial charge in [-0.15, -0.1) is 17.8 Å². The number of nitrogens with zero attached hydrogens (tertiary/aromatic N) is 2. The molecular weight excluding hydrogens is 455 g/mol. The second-order valence-electron chi connectivity index (χ2n) is 8.20. The van der Waals surface area contributed by atoms with Crippen molar-refractivity contribution in [3.8, 4) is 29.4 Å². The van der Waals surface area contributed by atoms with Crippen LogP contribution < -0.4 is 9.64 Å². The summed E-state index contributed by atoms with van der Waals surface area (Å²) in [6.45, 7) is 8.33. The molecule has 0 saturated carbocycles. The molecule has 3 rings (SSSR count). The summed E-state index contributed by atoms with van der Waals surface area (Å²) in [4.78, 5) is 8.14. The average molecular weight is 485 g/mol. The highest BCUT2D eigenvalue weighted by atomic mass is 35.5. The first kappa shape index (κ1) is 25.1. The summed E-state index contributed by atoms with van der Waals surface area (Å²) in [7, 11) is 1.63. The third-order valence-electron chi connectivity index (χ3n) is 5.82. The molecule has 0 bridgehead atoms. The fourth-order valence-electron chi connectivity index (χ4n) is 3.95. The minimum atomic E-state index is -0.203. The highest BCUT2D eigenvalue weighted by Gasteiger charge is 2.25. The maximum Gasteiger partial charge on any atom is 0.187 e. The van der Waals surface area contributed by atoms with E-state index >= 15 is 0 Å². The van der Waals surface area contributed by atoms with E-state index in [9.17, 15) is 4.39 Å². The summed E-state index contributed by atoms with van der Waals surface area (Å²) >= 11 is 8.17. The number of rotatable bonds is 9. The van der Waals surface area contributed by atoms with Gasteiger partial charge < -0.3 is 9.64 Å². The van der Waals surface area contributed by atoms with Crippen LogP contribution >= 0.6 is 22.9 Å². The Balaban J connectivity index is 2.08. The van der Waals surface area contributed by atoms with Crippen molar-refractivity contribution in [3.05, 3.63) is 62.7 Å². The summed E-state index contributed by atoms with van der Waals surface area (Å²) < 4.78 is 19.8. The van der Waals surface area contributed by atoms with E-state index in [0.717, 1.165) is 57.4 Å². The van der Waals surface area contributed by atoms with Crippen LogP contribution in [0.3, 0.4) is 0 Å². The van der Waals surface area contributed by atoms with E-state index < -0.39 is 0 Å². The zero-order valence-electron chi connectivity index (χ0n) is 19.8. The van der Waals surface area contributed by atoms with Crippen molar-refractivity contribution in [3.63, 3.8) is 0 Å². The number of hydrogen-bond acceptors (Lipinski definition) is 4. The van der Waals surface area contributed by atoms with Gasteiger partial charge in [0.25, 0.3) is 0 Å². The molecule has 0 amide bonds. The topological polar surface area (TPSA) is 25.4 Å². The fraction of sp³-hybridized carbons (Fsp3) is 0.370. The van der Waals surface area contributed by atoms with Gasteiger partial charge in [0.15, 0.2) is 5.13 Å². The van der Waals surface area contributed by atoms with Gasteiger partial charge in [-0.1, -0.05) is 49.4 Å². The lowest BCUT2D eigenvalue weighted by molar-refractivity contribution is 0.412. The lowest BCUT2D eigenvalue weighted by atomic mass is 9.98. The number of hydrogen-bond donors (Lipinski definition) is 0. The second kappa shape index (κ2) is 11.0. The first-order valence-electron chi connectivity index (χ1n) is 11.1. The summed E-state index contributed by atoms with van der Waals surface area (Å²) in [5, 5.41) is 1.40. The SMILES string of the molecule is C#CCN(c1nc(-c2cc(C)c(OC)cc2Cl)c(C)s1)[C@@H](CCCC)c1ccc(C)c(F)c1. The molecule has 174 valence electrons. The van der Waals surface area contributed by atoms with Crippen molar-refractivity contribution in [2.75, 3.05) is 18.6 Å². The lowest BCUT2D eigenvalue weighted by Gasteiger charge is -2.31. The van der Waals surface area contributed by atoms with Crippen molar-refractivity contribution >= 4 is 28.1 Å². The van der Waals surface area contributed by atoms with Gasteiger partial charge in [-0.25, -0.2) is 9.37 Å². The lowest BCUT2D eigenvalue weighted by Crippen LogP contribution is -2.29. The maximum atomic E-state index is 14.5. The van der Waals surface area contributed by atoms with Crippen LogP contribution in [0.15, 0.2) is 30.3 Å². The van der Waals surface area contributed by atoms with Crippen LogP contribution in [0, 0.1) is 38.9 Å². The number of aryl methyl sites for hydroxylation is 3. The van der Waals surface area contributed by atoms with E-state index in [-0.39, 0.29) is 11.9 Å². The Morgan fingerprint density at radius 2 is 1.97 bits per heavy atom. The Morgan fingerprint density at radius 3 is 2.61 bits per heavy atom. The third kappa shape index (κ3) is 5.51. The van der Waals surface area contributed by atoms with Crippen LogP contribution in [0.25, 0.3) is 11.3 Å². The van der Waals surface area contributed by atoms with Crippen molar-refractivity contribution in [2.45, 2.75) is 53.0 Å². The van der Waals surface area contributed by atoms with Gasteiger partial charge in [0, 0.05) is 10.4 Å². The Morgan fingerprint density at radius 1 is 1.21 bits per heavy atom. The molecule has 1 atom stereocenters. The third-order valence-corrected chi connectivity index (χ3v) is 7.14. The zero-order chi connectivity index (χ0) is 24.1. The highest BCUT2D eigenvalue weighted by Crippen LogP contribution is 2.41. The first-order chi connectivity index (χ1) is 15.8. The maximum absolute atomic E-state index is 14.5. The number of halogens is 2. The summed E-state index contributed by atoms with van der Waals surface area (Å²) in [6.07, 6.45) is 8.67. The molecule has 1 heterocycles. The van der Waals surface area contributed by atoms with Gasteiger partial charge in [0.05, 0.1) is 30.4 Å². The average Bonchev–Trinajstić information content (AvgIpc) is 3.17. The molecule has 0 unspecified atom stereocenters. The molecule has 0 N–H and O–H groups in total. The van der Waals surface area contributed by atoms with Crippen molar-refractivity contribution in [1.82, 2.24) is 4.98 Å². The number of terminal acetylenes is 1. The summed E-state index contributed by atoms with van der Waals surface area (Å²) in [6, 6.07) is 9.21. The molecule has 2 aromatic carbocycles. The van der Waals surface area contributed by atoms with E-state index in [1.165, 1.54) is 0 Å². The van der Waals surface area contributed by atoms with Crippen molar-refractivity contribution in [1.29, 1.82) is 0 Å². The van der Waals surface area contributed by atoms with Crippen LogP contribution in [0.4, 0.5) is 9.52 Å². The minimum absolute atomic E-state index is 0.0671. The van der Waals surface area contributed by atoms with Crippen molar-refractivity contribution < 1.29 is 9.13 Å². The predicted molar refractivity (Wildman–Crippen MR) is 138 cm³/mol. The molecule has 33 heavy (non-hydrogen) atoms. The van der Waals surface area contributed by atoms with Crippen LogP contribution in [0.1, 0.15) is 53.8 Å². The largest absolute Gasteiger partial charge is 0.496 e. The van der Waals surface area contributed by atoms with Gasteiger partial charge in [-0.05, 0) is 62.1 Å². The van der Waals surface area contributed by atoms with Crippen LogP contribution in [0.2, 0.25) is 5.02 Å². The molecule has 0 aliphatic rings. The Kier molecular flexibility index (Phi) is 8.40. The number of anilines is 1. The van der Waals surface area contributed by atoms with E-state index in [0.29, 0.717) is 17.1 Å². The van der Waals surface area contributed by atoms with Gasteiger partial charge in [0.1, 0.15) is 11.6 Å². The van der Waals surface area contributed by atoms with Gasteiger partial charge in [-0.2, -0.15) is 0 Å². The zero-order valence-corrected chi connectivity index (χ0v) is 21.4. The normalized spacial score (nSPS) is 11.8. The van der Waals surface area contributed by atoms with Gasteiger partial charge >= 0.3 is 0 Å². The van der Waals surface area contributed by atoms with Crippen molar-refractivity contribution in [2.24, 2.45) is 0 Å². The molecule has 1 aromatic heterocycles. The molecule has 0 radical (unpaired) electrons. The van der Waals surface area contributed by atoms with Gasteiger partial charge in [0.2, 0.25) is 0 Å². The van der Waals surface area contributed by atoms with E-state index in [1.807, 2.05) is 38.1 Å². The van der Waals surface area contributed by atoms with Crippen LogP contribution in [0.5, 0.6) is 5.75 Å². The number of ether oxygens (including phenoxy) is 1. The number of unbranched alkanes of at least 4 members (excludes halogenated alkanes) is 1. The number of benzene rings is 2. The molecule has 0 aliphatic heterocycles. The Labute approximate surface area is 205 Å². The number of thiazole rings is 1. The Hall–Kier alpha value is -2.55. The predicted octanol–water partition coefficient (Wildman–Crippen LogP) is 7.91. The fourth-order valence-corrected chi connectivity index (χ4v) is 5.16. The van der Waals surface area contributed by atoms with Crippen LogP contribution in [-0.4, -0.2) is 18.6 Å². The smallest absolute Gasteiger partial charge is 0.187 e. The quantitative estimate of drug-likeness (QED) is 0.288. The molecule has 6 heteroatoms. The van der Waals surface area contributed by atoms with Crippen LogP contribution in [-0.2, 0) is 0 Å². The van der Waals surface area contributed by atoms with Gasteiger partial charge in [-0.3, -0.25) is 0 Å². The molecule has 0 spiro atoms. The number of aromatic nitrogens is 1. The Bertz CT molecular complexity index is 1170. The summed E-state index contributed by atoms with van der Waals surface area (Å²) in [5.41, 5.74) is 4.23. The van der Waals surface area contributed by atoms with E-state index in [2.05, 4.69) is 17.7 Å². The highest BCUT2D eigenvalue weighted by molar-refractivity contribution is 7.16. The minimum Gasteiger partial charge on any atom is -0.496 e. The molecule has 0 aliphatic carbocycles.